The summed E-state index contributed by atoms with van der Waals surface area (Å²) in [5.41, 5.74) is 2.09. The fourth-order valence-electron chi connectivity index (χ4n) is 3.69. The zero-order valence-corrected chi connectivity index (χ0v) is 17.8. The van der Waals surface area contributed by atoms with Gasteiger partial charge < -0.3 is 10.2 Å². The molecule has 1 amide bonds. The van der Waals surface area contributed by atoms with Gasteiger partial charge in [0.1, 0.15) is 5.82 Å². The molecule has 0 unspecified atom stereocenters. The molecule has 0 radical (unpaired) electrons. The highest BCUT2D eigenvalue weighted by molar-refractivity contribution is 5.98. The maximum absolute atomic E-state index is 13.1. The van der Waals surface area contributed by atoms with Crippen LogP contribution in [0.2, 0.25) is 0 Å². The summed E-state index contributed by atoms with van der Waals surface area (Å²) in [4.78, 5) is 21.9. The molecule has 0 bridgehead atoms. The molecule has 3 rings (SSSR count). The van der Waals surface area contributed by atoms with Crippen LogP contribution in [0.1, 0.15) is 42.6 Å². The highest BCUT2D eigenvalue weighted by Gasteiger charge is 2.24. The lowest BCUT2D eigenvalue weighted by atomic mass is 10.1. The van der Waals surface area contributed by atoms with Crippen molar-refractivity contribution in [3.8, 4) is 0 Å². The van der Waals surface area contributed by atoms with Gasteiger partial charge in [-0.2, -0.15) is 0 Å². The molecule has 156 valence electrons. The van der Waals surface area contributed by atoms with Crippen molar-refractivity contribution in [2.45, 2.75) is 33.1 Å². The summed E-state index contributed by atoms with van der Waals surface area (Å²) >= 11 is 0. The van der Waals surface area contributed by atoms with Crippen molar-refractivity contribution >= 4 is 11.7 Å². The van der Waals surface area contributed by atoms with Gasteiger partial charge in [0.05, 0.1) is 5.56 Å². The summed E-state index contributed by atoms with van der Waals surface area (Å²) in [5, 5.41) is 3.35. The summed E-state index contributed by atoms with van der Waals surface area (Å²) in [6.45, 7) is 9.77. The minimum atomic E-state index is 0.0917. The number of nitrogens with one attached hydrogen (secondary N) is 1. The lowest BCUT2D eigenvalue weighted by Gasteiger charge is -2.35. The average Bonchev–Trinajstić information content (AvgIpc) is 2.75. The van der Waals surface area contributed by atoms with Gasteiger partial charge in [-0.05, 0) is 49.4 Å². The summed E-state index contributed by atoms with van der Waals surface area (Å²) in [6, 6.07) is 14.4. The molecule has 1 aromatic carbocycles. The highest BCUT2D eigenvalue weighted by atomic mass is 16.2. The van der Waals surface area contributed by atoms with Crippen LogP contribution in [0.5, 0.6) is 0 Å². The topological polar surface area (TPSA) is 48.5 Å². The van der Waals surface area contributed by atoms with Crippen molar-refractivity contribution in [2.75, 3.05) is 44.6 Å². The normalized spacial score (nSPS) is 14.9. The molecule has 2 aromatic rings. The van der Waals surface area contributed by atoms with E-state index in [-0.39, 0.29) is 5.91 Å². The number of pyridine rings is 1. The first-order valence-corrected chi connectivity index (χ1v) is 10.9. The Bertz CT molecular complexity index is 754. The Morgan fingerprint density at radius 1 is 1.07 bits per heavy atom. The first kappa shape index (κ1) is 21.3. The van der Waals surface area contributed by atoms with E-state index in [0.29, 0.717) is 17.3 Å². The predicted octanol–water partition coefficient (Wildman–Crippen LogP) is 3.93. The Hall–Kier alpha value is -2.40. The van der Waals surface area contributed by atoms with Crippen LogP contribution >= 0.6 is 0 Å². The number of carbonyl (C=O) groups excluding carboxylic acids is 1. The predicted molar refractivity (Wildman–Crippen MR) is 119 cm³/mol. The van der Waals surface area contributed by atoms with Gasteiger partial charge in [0, 0.05) is 38.9 Å². The van der Waals surface area contributed by atoms with Crippen molar-refractivity contribution in [3.63, 3.8) is 0 Å². The van der Waals surface area contributed by atoms with Crippen LogP contribution in [0.15, 0.2) is 48.7 Å². The fraction of sp³-hybridized carbons (Fsp3) is 0.500. The quantitative estimate of drug-likeness (QED) is 0.700. The molecule has 5 heteroatoms. The second-order valence-electron chi connectivity index (χ2n) is 8.23. The summed E-state index contributed by atoms with van der Waals surface area (Å²) in [7, 11) is 0. The number of rotatable bonds is 9. The molecule has 1 aromatic heterocycles. The van der Waals surface area contributed by atoms with Crippen LogP contribution in [0.25, 0.3) is 0 Å². The van der Waals surface area contributed by atoms with Gasteiger partial charge in [-0.1, -0.05) is 44.2 Å². The second-order valence-corrected chi connectivity index (χ2v) is 8.23. The zero-order valence-electron chi connectivity index (χ0n) is 17.8. The number of carbonyl (C=O) groups is 1. The Balaban J connectivity index is 1.46. The van der Waals surface area contributed by atoms with E-state index >= 15 is 0 Å². The third kappa shape index (κ3) is 6.57. The number of aromatic nitrogens is 1. The minimum Gasteiger partial charge on any atom is -0.369 e. The standard InChI is InChI=1S/C24H34N4O/c1-20(2)12-14-26-23-22(11-6-13-25-23)24(29)28-18-16-27(17-19-28)15-7-10-21-8-4-3-5-9-21/h3-6,8-9,11,13,20H,7,10,12,14-19H2,1-2H3,(H,25,26). The second kappa shape index (κ2) is 11.0. The molecule has 1 aliphatic rings. The van der Waals surface area contributed by atoms with Crippen LogP contribution in [0.4, 0.5) is 5.82 Å². The Morgan fingerprint density at radius 3 is 2.55 bits per heavy atom. The smallest absolute Gasteiger partial charge is 0.257 e. The summed E-state index contributed by atoms with van der Waals surface area (Å²) in [5.74, 6) is 1.43. The Kier molecular flexibility index (Phi) is 8.05. The SMILES string of the molecule is CC(C)CCNc1ncccc1C(=O)N1CCN(CCCc2ccccc2)CC1. The molecular weight excluding hydrogens is 360 g/mol. The van der Waals surface area contributed by atoms with Gasteiger partial charge in [-0.3, -0.25) is 9.69 Å². The number of aryl methyl sites for hydroxylation is 1. The van der Waals surface area contributed by atoms with Gasteiger partial charge in [0.25, 0.3) is 5.91 Å². The minimum absolute atomic E-state index is 0.0917. The number of nitrogens with zero attached hydrogens (tertiary/aromatic N) is 3. The monoisotopic (exact) mass is 394 g/mol. The number of benzene rings is 1. The molecule has 0 spiro atoms. The van der Waals surface area contributed by atoms with Crippen LogP contribution in [-0.4, -0.2) is 60.0 Å². The number of anilines is 1. The van der Waals surface area contributed by atoms with Crippen molar-refractivity contribution in [3.05, 3.63) is 59.8 Å². The maximum Gasteiger partial charge on any atom is 0.257 e. The largest absolute Gasteiger partial charge is 0.369 e. The number of hydrogen-bond donors (Lipinski definition) is 1. The van der Waals surface area contributed by atoms with Crippen LogP contribution in [0, 0.1) is 5.92 Å². The van der Waals surface area contributed by atoms with Crippen molar-refractivity contribution in [1.29, 1.82) is 0 Å². The van der Waals surface area contributed by atoms with Crippen molar-refractivity contribution in [2.24, 2.45) is 5.92 Å². The van der Waals surface area contributed by atoms with E-state index < -0.39 is 0 Å². The first-order chi connectivity index (χ1) is 14.1. The van der Waals surface area contributed by atoms with Gasteiger partial charge in [-0.15, -0.1) is 0 Å². The molecule has 0 aliphatic carbocycles. The van der Waals surface area contributed by atoms with E-state index in [0.717, 1.165) is 58.5 Å². The van der Waals surface area contributed by atoms with E-state index in [1.54, 1.807) is 6.20 Å². The molecule has 29 heavy (non-hydrogen) atoms. The molecule has 1 fully saturated rings. The number of hydrogen-bond acceptors (Lipinski definition) is 4. The van der Waals surface area contributed by atoms with Crippen molar-refractivity contribution in [1.82, 2.24) is 14.8 Å². The molecule has 5 nitrogen and oxygen atoms in total. The zero-order chi connectivity index (χ0) is 20.5. The summed E-state index contributed by atoms with van der Waals surface area (Å²) in [6.07, 6.45) is 5.08. The van der Waals surface area contributed by atoms with Crippen LogP contribution in [-0.2, 0) is 6.42 Å². The van der Waals surface area contributed by atoms with Crippen LogP contribution < -0.4 is 5.32 Å². The molecular formula is C24H34N4O. The van der Waals surface area contributed by atoms with E-state index in [2.05, 4.69) is 59.4 Å². The molecule has 1 N–H and O–H groups in total. The van der Waals surface area contributed by atoms with Crippen LogP contribution in [0.3, 0.4) is 0 Å². The number of piperazine rings is 1. The number of amides is 1. The summed E-state index contributed by atoms with van der Waals surface area (Å²) < 4.78 is 0. The Morgan fingerprint density at radius 2 is 1.83 bits per heavy atom. The molecule has 1 aliphatic heterocycles. The van der Waals surface area contributed by atoms with E-state index in [4.69, 9.17) is 0 Å². The molecule has 0 saturated carbocycles. The lowest BCUT2D eigenvalue weighted by molar-refractivity contribution is 0.0636. The van der Waals surface area contributed by atoms with E-state index in [9.17, 15) is 4.79 Å². The molecule has 0 atom stereocenters. The van der Waals surface area contributed by atoms with Crippen molar-refractivity contribution < 1.29 is 4.79 Å². The maximum atomic E-state index is 13.1. The first-order valence-electron chi connectivity index (χ1n) is 10.9. The van der Waals surface area contributed by atoms with Gasteiger partial charge in [-0.25, -0.2) is 4.98 Å². The molecule has 1 saturated heterocycles. The van der Waals surface area contributed by atoms with Gasteiger partial charge in [0.15, 0.2) is 0 Å². The third-order valence-electron chi connectivity index (χ3n) is 5.49. The Labute approximate surface area is 175 Å². The highest BCUT2D eigenvalue weighted by Crippen LogP contribution is 2.17. The van der Waals surface area contributed by atoms with E-state index in [1.165, 1.54) is 5.56 Å². The lowest BCUT2D eigenvalue weighted by Crippen LogP contribution is -2.49. The van der Waals surface area contributed by atoms with Gasteiger partial charge >= 0.3 is 0 Å². The fourth-order valence-corrected chi connectivity index (χ4v) is 3.69. The van der Waals surface area contributed by atoms with Gasteiger partial charge in [0.2, 0.25) is 0 Å². The third-order valence-corrected chi connectivity index (χ3v) is 5.49. The van der Waals surface area contributed by atoms with E-state index in [1.807, 2.05) is 17.0 Å². The average molecular weight is 395 g/mol. The molecule has 2 heterocycles.